The first-order valence-electron chi connectivity index (χ1n) is 6.49. The molecule has 1 heterocycles. The maximum atomic E-state index is 5.20. The molecule has 0 saturated heterocycles. The summed E-state index contributed by atoms with van der Waals surface area (Å²) in [6.45, 7) is 5.92. The van der Waals surface area contributed by atoms with E-state index in [1.165, 1.54) is 19.3 Å². The van der Waals surface area contributed by atoms with Gasteiger partial charge in [0.25, 0.3) is 0 Å². The van der Waals surface area contributed by atoms with Crippen LogP contribution in [0.5, 0.6) is 0 Å². The number of imidazole rings is 1. The van der Waals surface area contributed by atoms with Crippen LogP contribution in [0.1, 0.15) is 37.9 Å². The number of rotatable bonds is 7. The number of methoxy groups -OCH3 is 1. The molecule has 1 unspecified atom stereocenters. The molecule has 1 aromatic rings. The molecule has 0 bridgehead atoms. The Balaban J connectivity index is 1.93. The summed E-state index contributed by atoms with van der Waals surface area (Å²) in [7, 11) is 1.74. The molecule has 1 fully saturated rings. The Labute approximate surface area is 103 Å². The molecule has 1 saturated carbocycles. The molecule has 0 amide bonds. The van der Waals surface area contributed by atoms with E-state index in [-0.39, 0.29) is 0 Å². The smallest absolute Gasteiger partial charge is 0.203 e. The maximum Gasteiger partial charge on any atom is 0.203 e. The number of hydrogen-bond donors (Lipinski definition) is 1. The number of anilines is 1. The van der Waals surface area contributed by atoms with Crippen molar-refractivity contribution in [2.24, 2.45) is 5.92 Å². The van der Waals surface area contributed by atoms with Crippen LogP contribution in [-0.4, -0.2) is 29.8 Å². The average Bonchev–Trinajstić information content (AvgIpc) is 3.02. The van der Waals surface area contributed by atoms with E-state index in [9.17, 15) is 0 Å². The molecule has 2 rings (SSSR count). The van der Waals surface area contributed by atoms with Crippen LogP contribution >= 0.6 is 0 Å². The van der Waals surface area contributed by atoms with Crippen LogP contribution in [-0.2, 0) is 4.74 Å². The van der Waals surface area contributed by atoms with Crippen molar-refractivity contribution < 1.29 is 4.74 Å². The number of aryl methyl sites for hydroxylation is 1. The van der Waals surface area contributed by atoms with E-state index in [4.69, 9.17) is 4.74 Å². The standard InChI is InChI=1S/C13H23N3O/c1-10-8-16(11(2)9-17-3)13(15-10)14-7-6-12-4-5-12/h8,11-12H,4-7,9H2,1-3H3,(H,14,15). The molecule has 0 radical (unpaired) electrons. The molecule has 1 aromatic heterocycles. The largest absolute Gasteiger partial charge is 0.383 e. The van der Waals surface area contributed by atoms with Crippen molar-refractivity contribution in [3.05, 3.63) is 11.9 Å². The number of ether oxygens (including phenoxy) is 1. The van der Waals surface area contributed by atoms with Gasteiger partial charge in [-0.25, -0.2) is 4.98 Å². The lowest BCUT2D eigenvalue weighted by Crippen LogP contribution is -2.15. The third kappa shape index (κ3) is 3.46. The molecular weight excluding hydrogens is 214 g/mol. The molecule has 0 spiro atoms. The van der Waals surface area contributed by atoms with Crippen LogP contribution in [0.3, 0.4) is 0 Å². The number of hydrogen-bond acceptors (Lipinski definition) is 3. The van der Waals surface area contributed by atoms with Gasteiger partial charge in [0.1, 0.15) is 0 Å². The zero-order valence-electron chi connectivity index (χ0n) is 11.1. The highest BCUT2D eigenvalue weighted by Gasteiger charge is 2.20. The minimum atomic E-state index is 0.324. The van der Waals surface area contributed by atoms with Gasteiger partial charge >= 0.3 is 0 Å². The molecule has 1 aliphatic carbocycles. The molecule has 1 aliphatic rings. The fraction of sp³-hybridized carbons (Fsp3) is 0.769. The van der Waals surface area contributed by atoms with E-state index < -0.39 is 0 Å². The Morgan fingerprint density at radius 3 is 3.00 bits per heavy atom. The quantitative estimate of drug-likeness (QED) is 0.792. The van der Waals surface area contributed by atoms with Gasteiger partial charge in [0.15, 0.2) is 0 Å². The van der Waals surface area contributed by atoms with E-state index >= 15 is 0 Å². The lowest BCUT2D eigenvalue weighted by atomic mass is 10.3. The molecule has 96 valence electrons. The van der Waals surface area contributed by atoms with Crippen molar-refractivity contribution >= 4 is 5.95 Å². The molecule has 4 nitrogen and oxygen atoms in total. The van der Waals surface area contributed by atoms with Gasteiger partial charge in [-0.15, -0.1) is 0 Å². The van der Waals surface area contributed by atoms with Gasteiger partial charge in [-0.1, -0.05) is 12.8 Å². The summed E-state index contributed by atoms with van der Waals surface area (Å²) in [5.41, 5.74) is 1.06. The number of nitrogens with one attached hydrogen (secondary N) is 1. The van der Waals surface area contributed by atoms with Gasteiger partial charge in [0.2, 0.25) is 5.95 Å². The van der Waals surface area contributed by atoms with Crippen LogP contribution in [0, 0.1) is 12.8 Å². The van der Waals surface area contributed by atoms with Crippen molar-refractivity contribution in [1.29, 1.82) is 0 Å². The van der Waals surface area contributed by atoms with E-state index in [0.29, 0.717) is 12.6 Å². The van der Waals surface area contributed by atoms with E-state index in [1.807, 2.05) is 6.92 Å². The van der Waals surface area contributed by atoms with Crippen molar-refractivity contribution in [3.8, 4) is 0 Å². The van der Waals surface area contributed by atoms with Gasteiger partial charge in [-0.05, 0) is 26.2 Å². The van der Waals surface area contributed by atoms with Crippen LogP contribution in [0.25, 0.3) is 0 Å². The molecule has 0 aliphatic heterocycles. The second kappa shape index (κ2) is 5.54. The normalized spacial score (nSPS) is 17.1. The van der Waals surface area contributed by atoms with Crippen molar-refractivity contribution in [2.75, 3.05) is 25.6 Å². The predicted octanol–water partition coefficient (Wildman–Crippen LogP) is 2.61. The lowest BCUT2D eigenvalue weighted by Gasteiger charge is -2.16. The lowest BCUT2D eigenvalue weighted by molar-refractivity contribution is 0.163. The fourth-order valence-corrected chi connectivity index (χ4v) is 2.10. The Hall–Kier alpha value is -1.03. The maximum absolute atomic E-state index is 5.20. The Morgan fingerprint density at radius 2 is 2.35 bits per heavy atom. The molecular formula is C13H23N3O. The summed E-state index contributed by atoms with van der Waals surface area (Å²) in [5.74, 6) is 1.94. The SMILES string of the molecule is COCC(C)n1cc(C)nc1NCCC1CC1. The van der Waals surface area contributed by atoms with Crippen LogP contribution in [0.2, 0.25) is 0 Å². The van der Waals surface area contributed by atoms with Crippen molar-refractivity contribution in [3.63, 3.8) is 0 Å². The summed E-state index contributed by atoms with van der Waals surface area (Å²) < 4.78 is 7.37. The summed E-state index contributed by atoms with van der Waals surface area (Å²) in [5, 5.41) is 3.44. The first kappa shape index (κ1) is 12.4. The first-order valence-corrected chi connectivity index (χ1v) is 6.49. The molecule has 1 N–H and O–H groups in total. The summed E-state index contributed by atoms with van der Waals surface area (Å²) in [4.78, 5) is 4.53. The van der Waals surface area contributed by atoms with Gasteiger partial charge in [0, 0.05) is 19.9 Å². The van der Waals surface area contributed by atoms with Gasteiger partial charge < -0.3 is 14.6 Å². The van der Waals surface area contributed by atoms with E-state index in [1.54, 1.807) is 7.11 Å². The molecule has 4 heteroatoms. The first-order chi connectivity index (χ1) is 8.20. The second-order valence-corrected chi connectivity index (χ2v) is 5.08. The Kier molecular flexibility index (Phi) is 4.05. The Morgan fingerprint density at radius 1 is 1.59 bits per heavy atom. The highest BCUT2D eigenvalue weighted by molar-refractivity contribution is 5.29. The van der Waals surface area contributed by atoms with Crippen molar-refractivity contribution in [1.82, 2.24) is 9.55 Å². The summed E-state index contributed by atoms with van der Waals surface area (Å²) in [6.07, 6.45) is 6.18. The minimum Gasteiger partial charge on any atom is -0.383 e. The van der Waals surface area contributed by atoms with Crippen LogP contribution in [0.4, 0.5) is 5.95 Å². The molecule has 1 atom stereocenters. The summed E-state index contributed by atoms with van der Waals surface area (Å²) in [6, 6.07) is 0.324. The van der Waals surface area contributed by atoms with Gasteiger partial charge in [-0.3, -0.25) is 0 Å². The van der Waals surface area contributed by atoms with Gasteiger partial charge in [-0.2, -0.15) is 0 Å². The fourth-order valence-electron chi connectivity index (χ4n) is 2.10. The molecule has 0 aromatic carbocycles. The third-order valence-electron chi connectivity index (χ3n) is 3.27. The highest BCUT2D eigenvalue weighted by atomic mass is 16.5. The Bertz CT molecular complexity index is 358. The number of aromatic nitrogens is 2. The number of nitrogens with zero attached hydrogens (tertiary/aromatic N) is 2. The van der Waals surface area contributed by atoms with Gasteiger partial charge in [0.05, 0.1) is 18.3 Å². The predicted molar refractivity (Wildman–Crippen MR) is 69.4 cm³/mol. The van der Waals surface area contributed by atoms with E-state index in [0.717, 1.165) is 24.1 Å². The monoisotopic (exact) mass is 237 g/mol. The molecule has 17 heavy (non-hydrogen) atoms. The second-order valence-electron chi connectivity index (χ2n) is 5.08. The topological polar surface area (TPSA) is 39.1 Å². The zero-order chi connectivity index (χ0) is 12.3. The van der Waals surface area contributed by atoms with Crippen molar-refractivity contribution in [2.45, 2.75) is 39.2 Å². The van der Waals surface area contributed by atoms with E-state index in [2.05, 4.69) is 28.0 Å². The summed E-state index contributed by atoms with van der Waals surface area (Å²) >= 11 is 0. The minimum absolute atomic E-state index is 0.324. The zero-order valence-corrected chi connectivity index (χ0v) is 11.1. The van der Waals surface area contributed by atoms with Crippen LogP contribution < -0.4 is 5.32 Å². The average molecular weight is 237 g/mol. The third-order valence-corrected chi connectivity index (χ3v) is 3.27. The highest BCUT2D eigenvalue weighted by Crippen LogP contribution is 2.32. The van der Waals surface area contributed by atoms with Crippen LogP contribution in [0.15, 0.2) is 6.20 Å².